The van der Waals surface area contributed by atoms with Crippen LogP contribution in [0.5, 0.6) is 0 Å². The molecule has 2 aromatic rings. The van der Waals surface area contributed by atoms with Crippen LogP contribution in [-0.2, 0) is 13.0 Å². The van der Waals surface area contributed by atoms with E-state index in [4.69, 9.17) is 5.73 Å². The molecule has 7 heteroatoms. The topological polar surface area (TPSA) is 101 Å². The van der Waals surface area contributed by atoms with Crippen molar-refractivity contribution < 1.29 is 4.79 Å². The predicted molar refractivity (Wildman–Crippen MR) is 92.7 cm³/mol. The average molecular weight is 328 g/mol. The number of Topliss-reactive ketones (excluding diaryl/α,β-unsaturated/α-hetero) is 1. The first-order chi connectivity index (χ1) is 11.4. The number of para-hydroxylation sites is 1. The van der Waals surface area contributed by atoms with Crippen molar-refractivity contribution in [3.8, 4) is 0 Å². The highest BCUT2D eigenvalue weighted by molar-refractivity contribution is 6.02. The molecule has 3 rings (SSSR count). The fraction of sp³-hybridized carbons (Fsp3) is 0.353. The van der Waals surface area contributed by atoms with Crippen LogP contribution in [0.25, 0.3) is 0 Å². The number of H-pyrrole nitrogens is 1. The Kier molecular flexibility index (Phi) is 4.01. The highest BCUT2D eigenvalue weighted by atomic mass is 16.2. The van der Waals surface area contributed by atoms with Crippen molar-refractivity contribution in [2.45, 2.75) is 32.9 Å². The van der Waals surface area contributed by atoms with Gasteiger partial charge in [-0.15, -0.1) is 0 Å². The first kappa shape index (κ1) is 16.0. The summed E-state index contributed by atoms with van der Waals surface area (Å²) in [5.74, 6) is -0.462. The SMILES string of the molecule is CCn1c(N)c(C(=O)CN2c3ccccc3C[C@@H]2C)c(=O)[nH]c1=O. The molecule has 1 aliphatic heterocycles. The Morgan fingerprint density at radius 3 is 2.75 bits per heavy atom. The normalized spacial score (nSPS) is 16.2. The highest BCUT2D eigenvalue weighted by Crippen LogP contribution is 2.31. The molecule has 0 aliphatic carbocycles. The summed E-state index contributed by atoms with van der Waals surface area (Å²) in [5.41, 5.74) is 6.60. The molecule has 0 bridgehead atoms. The Balaban J connectivity index is 1.97. The largest absolute Gasteiger partial charge is 0.384 e. The number of anilines is 2. The molecule has 7 nitrogen and oxygen atoms in total. The number of ketones is 1. The third kappa shape index (κ3) is 2.51. The number of nitrogens with one attached hydrogen (secondary N) is 1. The third-order valence-corrected chi connectivity index (χ3v) is 4.50. The van der Waals surface area contributed by atoms with Gasteiger partial charge in [0.2, 0.25) is 0 Å². The van der Waals surface area contributed by atoms with Crippen LogP contribution in [0.1, 0.15) is 29.8 Å². The van der Waals surface area contributed by atoms with Gasteiger partial charge >= 0.3 is 5.69 Å². The number of aromatic amines is 1. The van der Waals surface area contributed by atoms with Crippen molar-refractivity contribution in [1.82, 2.24) is 9.55 Å². The van der Waals surface area contributed by atoms with E-state index in [-0.39, 0.29) is 36.3 Å². The maximum absolute atomic E-state index is 12.7. The van der Waals surface area contributed by atoms with Crippen LogP contribution >= 0.6 is 0 Å². The number of hydrogen-bond acceptors (Lipinski definition) is 5. The van der Waals surface area contributed by atoms with Gasteiger partial charge in [-0.1, -0.05) is 18.2 Å². The molecular formula is C17H20N4O3. The van der Waals surface area contributed by atoms with Crippen LogP contribution in [0.4, 0.5) is 11.5 Å². The molecule has 24 heavy (non-hydrogen) atoms. The summed E-state index contributed by atoms with van der Waals surface area (Å²) in [6.07, 6.45) is 0.851. The van der Waals surface area contributed by atoms with E-state index in [1.165, 1.54) is 10.1 Å². The number of aromatic nitrogens is 2. The van der Waals surface area contributed by atoms with Crippen LogP contribution in [-0.4, -0.2) is 27.9 Å². The summed E-state index contributed by atoms with van der Waals surface area (Å²) in [7, 11) is 0. The van der Waals surface area contributed by atoms with Gasteiger partial charge in [0.15, 0.2) is 5.78 Å². The molecule has 126 valence electrons. The van der Waals surface area contributed by atoms with Gasteiger partial charge in [0, 0.05) is 18.3 Å². The van der Waals surface area contributed by atoms with Crippen molar-refractivity contribution in [3.05, 3.63) is 56.2 Å². The first-order valence-electron chi connectivity index (χ1n) is 7.94. The molecule has 0 saturated carbocycles. The van der Waals surface area contributed by atoms with E-state index in [0.717, 1.165) is 12.1 Å². The molecule has 1 aromatic carbocycles. The third-order valence-electron chi connectivity index (χ3n) is 4.50. The number of hydrogen-bond donors (Lipinski definition) is 2. The molecule has 0 radical (unpaired) electrons. The van der Waals surface area contributed by atoms with Gasteiger partial charge in [-0.2, -0.15) is 0 Å². The quantitative estimate of drug-likeness (QED) is 0.808. The van der Waals surface area contributed by atoms with E-state index in [2.05, 4.69) is 4.98 Å². The lowest BCUT2D eigenvalue weighted by molar-refractivity contribution is 0.0996. The second-order valence-electron chi connectivity index (χ2n) is 6.00. The van der Waals surface area contributed by atoms with Crippen LogP contribution in [0.2, 0.25) is 0 Å². The van der Waals surface area contributed by atoms with Crippen molar-refractivity contribution in [1.29, 1.82) is 0 Å². The summed E-state index contributed by atoms with van der Waals surface area (Å²) in [6.45, 7) is 4.09. The smallest absolute Gasteiger partial charge is 0.329 e. The van der Waals surface area contributed by atoms with E-state index < -0.39 is 11.2 Å². The lowest BCUT2D eigenvalue weighted by Gasteiger charge is -2.24. The molecule has 0 spiro atoms. The van der Waals surface area contributed by atoms with Crippen LogP contribution in [0.15, 0.2) is 33.9 Å². The standard InChI is InChI=1S/C17H20N4O3/c1-3-20-15(18)14(16(23)19-17(20)24)13(22)9-21-10(2)8-11-6-4-5-7-12(11)21/h4-7,10H,3,8-9,18H2,1-2H3,(H,19,23,24)/t10-/m0/s1. The van der Waals surface area contributed by atoms with E-state index in [1.54, 1.807) is 6.92 Å². The number of nitrogens with two attached hydrogens (primary N) is 1. The molecule has 0 saturated heterocycles. The average Bonchev–Trinajstić information content (AvgIpc) is 2.83. The maximum atomic E-state index is 12.7. The van der Waals surface area contributed by atoms with Crippen LogP contribution < -0.4 is 21.9 Å². The van der Waals surface area contributed by atoms with Crippen molar-refractivity contribution in [2.75, 3.05) is 17.2 Å². The highest BCUT2D eigenvalue weighted by Gasteiger charge is 2.29. The molecular weight excluding hydrogens is 308 g/mol. The van der Waals surface area contributed by atoms with Gasteiger partial charge in [-0.05, 0) is 31.9 Å². The minimum absolute atomic E-state index is 0.0490. The maximum Gasteiger partial charge on any atom is 0.329 e. The summed E-state index contributed by atoms with van der Waals surface area (Å²) in [6, 6.07) is 8.05. The van der Waals surface area contributed by atoms with Crippen LogP contribution in [0, 0.1) is 0 Å². The second kappa shape index (κ2) is 5.99. The second-order valence-corrected chi connectivity index (χ2v) is 6.00. The lowest BCUT2D eigenvalue weighted by Crippen LogP contribution is -2.40. The Hall–Kier alpha value is -2.83. The number of carbonyl (C=O) groups is 1. The van der Waals surface area contributed by atoms with E-state index in [1.807, 2.05) is 36.1 Å². The van der Waals surface area contributed by atoms with Crippen molar-refractivity contribution in [3.63, 3.8) is 0 Å². The number of benzene rings is 1. The van der Waals surface area contributed by atoms with E-state index in [9.17, 15) is 14.4 Å². The fourth-order valence-corrected chi connectivity index (χ4v) is 3.28. The zero-order valence-electron chi connectivity index (χ0n) is 13.7. The van der Waals surface area contributed by atoms with Gasteiger partial charge < -0.3 is 10.6 Å². The van der Waals surface area contributed by atoms with Gasteiger partial charge in [0.25, 0.3) is 5.56 Å². The summed E-state index contributed by atoms with van der Waals surface area (Å²) >= 11 is 0. The van der Waals surface area contributed by atoms with Gasteiger partial charge in [-0.25, -0.2) is 4.79 Å². The number of rotatable bonds is 4. The van der Waals surface area contributed by atoms with Gasteiger partial charge in [-0.3, -0.25) is 19.1 Å². The zero-order chi connectivity index (χ0) is 17.4. The Morgan fingerprint density at radius 2 is 2.04 bits per heavy atom. The summed E-state index contributed by atoms with van der Waals surface area (Å²) in [5, 5.41) is 0. The molecule has 3 N–H and O–H groups in total. The molecule has 2 heterocycles. The monoisotopic (exact) mass is 328 g/mol. The Labute approximate surface area is 138 Å². The molecule has 0 unspecified atom stereocenters. The number of nitrogen functional groups attached to an aromatic ring is 1. The van der Waals surface area contributed by atoms with Crippen molar-refractivity contribution in [2.24, 2.45) is 0 Å². The molecule has 1 atom stereocenters. The minimum Gasteiger partial charge on any atom is -0.384 e. The summed E-state index contributed by atoms with van der Waals surface area (Å²) < 4.78 is 1.19. The molecule has 0 amide bonds. The lowest BCUT2D eigenvalue weighted by atomic mass is 10.1. The van der Waals surface area contributed by atoms with E-state index in [0.29, 0.717) is 0 Å². The van der Waals surface area contributed by atoms with Crippen molar-refractivity contribution >= 4 is 17.3 Å². The van der Waals surface area contributed by atoms with Gasteiger partial charge in [0.1, 0.15) is 11.4 Å². The number of carbonyl (C=O) groups excluding carboxylic acids is 1. The fourth-order valence-electron chi connectivity index (χ4n) is 3.28. The summed E-state index contributed by atoms with van der Waals surface area (Å²) in [4.78, 5) is 40.7. The Bertz CT molecular complexity index is 913. The van der Waals surface area contributed by atoms with Gasteiger partial charge in [0.05, 0.1) is 6.54 Å². The molecule has 1 aromatic heterocycles. The Morgan fingerprint density at radius 1 is 1.33 bits per heavy atom. The minimum atomic E-state index is -0.729. The zero-order valence-corrected chi connectivity index (χ0v) is 13.7. The first-order valence-corrected chi connectivity index (χ1v) is 7.94. The molecule has 1 aliphatic rings. The number of nitrogens with zero attached hydrogens (tertiary/aromatic N) is 2. The van der Waals surface area contributed by atoms with E-state index >= 15 is 0 Å². The predicted octanol–water partition coefficient (Wildman–Crippen LogP) is 0.773. The van der Waals surface area contributed by atoms with Crippen LogP contribution in [0.3, 0.4) is 0 Å². The number of fused-ring (bicyclic) bond motifs is 1. The molecule has 0 fully saturated rings.